The molecule has 0 saturated heterocycles. The third-order valence-electron chi connectivity index (χ3n) is 4.87. The third-order valence-corrected chi connectivity index (χ3v) is 4.87. The van der Waals surface area contributed by atoms with Gasteiger partial charge in [0.2, 0.25) is 0 Å². The predicted octanol–water partition coefficient (Wildman–Crippen LogP) is 6.23. The van der Waals surface area contributed by atoms with E-state index in [9.17, 15) is 20.1 Å². The number of rotatable bonds is 10. The van der Waals surface area contributed by atoms with Gasteiger partial charge in [-0.05, 0) is 52.5 Å². The van der Waals surface area contributed by atoms with E-state index < -0.39 is 11.9 Å². The highest BCUT2D eigenvalue weighted by Crippen LogP contribution is 2.36. The molecule has 3 N–H and O–H groups in total. The fraction of sp³-hybridized carbons (Fsp3) is 0.591. The van der Waals surface area contributed by atoms with E-state index in [0.717, 1.165) is 37.7 Å². The molecule has 4 nitrogen and oxygen atoms in total. The molecule has 0 aliphatic heterocycles. The van der Waals surface area contributed by atoms with Crippen LogP contribution < -0.4 is 0 Å². The van der Waals surface area contributed by atoms with E-state index >= 15 is 0 Å². The van der Waals surface area contributed by atoms with Crippen molar-refractivity contribution in [3.63, 3.8) is 0 Å². The molecular formula is C22H34O4. The molecule has 0 aromatic heterocycles. The first-order valence-electron chi connectivity index (χ1n) is 9.62. The summed E-state index contributed by atoms with van der Waals surface area (Å²) in [6.45, 7) is 8.23. The smallest absolute Gasteiger partial charge is 0.314 e. The van der Waals surface area contributed by atoms with E-state index in [-0.39, 0.29) is 17.4 Å². The summed E-state index contributed by atoms with van der Waals surface area (Å²) in [5, 5.41) is 30.4. The fourth-order valence-electron chi connectivity index (χ4n) is 3.28. The van der Waals surface area contributed by atoms with E-state index in [1.54, 1.807) is 6.08 Å². The second kappa shape index (κ2) is 10.9. The first kappa shape index (κ1) is 22.1. The molecule has 0 aromatic rings. The molecule has 4 heteroatoms. The maximum Gasteiger partial charge on any atom is 0.314 e. The Morgan fingerprint density at radius 3 is 2.42 bits per heavy atom. The lowest BCUT2D eigenvalue weighted by Gasteiger charge is -2.27. The van der Waals surface area contributed by atoms with Gasteiger partial charge in [-0.15, -0.1) is 0 Å². The van der Waals surface area contributed by atoms with Crippen LogP contribution in [0.3, 0.4) is 0 Å². The standard InChI is InChI=1S/C22H34O4/c1-5-6-7-11-17-14-19(23)18(21(24)20(17)22(25)26)13-12-16(4)10-8-9-15(2)3/h9,12,14,17,20,23-24H,5-8,10-11,13H2,1-4H3,(H,25,26)/b16-12+. The summed E-state index contributed by atoms with van der Waals surface area (Å²) < 4.78 is 0. The number of carboxylic acids is 1. The Morgan fingerprint density at radius 2 is 1.85 bits per heavy atom. The number of allylic oxidation sites excluding steroid dienone is 6. The van der Waals surface area contributed by atoms with Crippen LogP contribution in [0, 0.1) is 11.8 Å². The van der Waals surface area contributed by atoms with Gasteiger partial charge >= 0.3 is 5.97 Å². The van der Waals surface area contributed by atoms with Crippen LogP contribution in [0.5, 0.6) is 0 Å². The highest BCUT2D eigenvalue weighted by Gasteiger charge is 2.36. The Hall–Kier alpha value is -1.97. The molecular weight excluding hydrogens is 328 g/mol. The van der Waals surface area contributed by atoms with Crippen LogP contribution in [0.15, 0.2) is 46.5 Å². The minimum Gasteiger partial charge on any atom is -0.511 e. The summed E-state index contributed by atoms with van der Waals surface area (Å²) in [7, 11) is 0. The zero-order valence-corrected chi connectivity index (χ0v) is 16.6. The van der Waals surface area contributed by atoms with Crippen LogP contribution in [0.4, 0.5) is 0 Å². The number of aliphatic hydroxyl groups is 2. The van der Waals surface area contributed by atoms with Crippen molar-refractivity contribution in [1.82, 2.24) is 0 Å². The zero-order valence-electron chi connectivity index (χ0n) is 16.6. The molecule has 0 radical (unpaired) electrons. The topological polar surface area (TPSA) is 77.8 Å². The van der Waals surface area contributed by atoms with Crippen LogP contribution in [0.1, 0.15) is 72.6 Å². The highest BCUT2D eigenvalue weighted by atomic mass is 16.4. The molecule has 0 amide bonds. The van der Waals surface area contributed by atoms with Crippen molar-refractivity contribution in [2.45, 2.75) is 72.6 Å². The molecule has 2 atom stereocenters. The monoisotopic (exact) mass is 362 g/mol. The Balaban J connectivity index is 2.88. The summed E-state index contributed by atoms with van der Waals surface area (Å²) in [5.74, 6) is -2.51. The van der Waals surface area contributed by atoms with E-state index in [0.29, 0.717) is 18.4 Å². The normalized spacial score (nSPS) is 20.8. The molecule has 146 valence electrons. The van der Waals surface area contributed by atoms with Gasteiger partial charge in [0.15, 0.2) is 0 Å². The van der Waals surface area contributed by atoms with Crippen molar-refractivity contribution in [3.8, 4) is 0 Å². The number of carbonyl (C=O) groups is 1. The summed E-state index contributed by atoms with van der Waals surface area (Å²) in [6.07, 6.45) is 11.6. The number of hydrogen-bond acceptors (Lipinski definition) is 3. The van der Waals surface area contributed by atoms with Gasteiger partial charge in [0, 0.05) is 11.5 Å². The molecule has 2 unspecified atom stereocenters. The Bertz CT molecular complexity index is 604. The Labute approximate surface area is 157 Å². The van der Waals surface area contributed by atoms with Crippen LogP contribution in [0.25, 0.3) is 0 Å². The first-order valence-corrected chi connectivity index (χ1v) is 9.62. The second-order valence-corrected chi connectivity index (χ2v) is 7.47. The van der Waals surface area contributed by atoms with Gasteiger partial charge in [-0.25, -0.2) is 0 Å². The van der Waals surface area contributed by atoms with Gasteiger partial charge in [0.05, 0.1) is 0 Å². The third kappa shape index (κ3) is 6.74. The summed E-state index contributed by atoms with van der Waals surface area (Å²) in [6, 6.07) is 0. The van der Waals surface area contributed by atoms with Crippen molar-refractivity contribution in [1.29, 1.82) is 0 Å². The van der Waals surface area contributed by atoms with Crippen molar-refractivity contribution in [3.05, 3.63) is 46.5 Å². The van der Waals surface area contributed by atoms with Gasteiger partial charge in [0.25, 0.3) is 0 Å². The minimum absolute atomic E-state index is 0.0230. The molecule has 1 aliphatic carbocycles. The summed E-state index contributed by atoms with van der Waals surface area (Å²) in [4.78, 5) is 11.7. The first-order chi connectivity index (χ1) is 12.3. The van der Waals surface area contributed by atoms with Gasteiger partial charge in [0.1, 0.15) is 17.4 Å². The zero-order chi connectivity index (χ0) is 19.7. The van der Waals surface area contributed by atoms with Crippen molar-refractivity contribution in [2.75, 3.05) is 0 Å². The molecule has 26 heavy (non-hydrogen) atoms. The molecule has 0 heterocycles. The average molecular weight is 363 g/mol. The van der Waals surface area contributed by atoms with Crippen molar-refractivity contribution >= 4 is 5.97 Å². The Kier molecular flexibility index (Phi) is 9.25. The van der Waals surface area contributed by atoms with E-state index in [1.807, 2.05) is 13.0 Å². The van der Waals surface area contributed by atoms with Crippen molar-refractivity contribution < 1.29 is 20.1 Å². The SMILES string of the molecule is CCCCCC1C=C(O)C(C/C=C(\C)CCC=C(C)C)=C(O)C1C(=O)O. The number of carboxylic acid groups (broad SMARTS) is 1. The fourth-order valence-corrected chi connectivity index (χ4v) is 3.28. The largest absolute Gasteiger partial charge is 0.511 e. The van der Waals surface area contributed by atoms with E-state index in [2.05, 4.69) is 26.8 Å². The predicted molar refractivity (Wildman–Crippen MR) is 106 cm³/mol. The maximum atomic E-state index is 11.7. The summed E-state index contributed by atoms with van der Waals surface area (Å²) >= 11 is 0. The molecule has 0 bridgehead atoms. The number of hydrogen-bond donors (Lipinski definition) is 3. The molecule has 0 fully saturated rings. The number of aliphatic carboxylic acids is 1. The lowest BCUT2D eigenvalue weighted by Crippen LogP contribution is -2.29. The molecule has 1 aliphatic rings. The maximum absolute atomic E-state index is 11.7. The van der Waals surface area contributed by atoms with Gasteiger partial charge in [-0.2, -0.15) is 0 Å². The highest BCUT2D eigenvalue weighted by molar-refractivity contribution is 5.75. The average Bonchev–Trinajstić information content (AvgIpc) is 2.53. The second-order valence-electron chi connectivity index (χ2n) is 7.47. The minimum atomic E-state index is -1.03. The quantitative estimate of drug-likeness (QED) is 0.318. The van der Waals surface area contributed by atoms with Crippen LogP contribution in [-0.2, 0) is 4.79 Å². The van der Waals surface area contributed by atoms with Crippen molar-refractivity contribution in [2.24, 2.45) is 11.8 Å². The lowest BCUT2D eigenvalue weighted by atomic mass is 9.79. The van der Waals surface area contributed by atoms with Crippen LogP contribution in [0.2, 0.25) is 0 Å². The molecule has 1 rings (SSSR count). The van der Waals surface area contributed by atoms with Gasteiger partial charge < -0.3 is 15.3 Å². The lowest BCUT2D eigenvalue weighted by molar-refractivity contribution is -0.142. The van der Waals surface area contributed by atoms with Crippen LogP contribution in [-0.4, -0.2) is 21.3 Å². The molecule has 0 aromatic carbocycles. The molecule has 0 spiro atoms. The Morgan fingerprint density at radius 1 is 1.15 bits per heavy atom. The van der Waals surface area contributed by atoms with E-state index in [4.69, 9.17) is 0 Å². The number of aliphatic hydroxyl groups excluding tert-OH is 2. The summed E-state index contributed by atoms with van der Waals surface area (Å²) in [5.41, 5.74) is 2.78. The van der Waals surface area contributed by atoms with Gasteiger partial charge in [-0.1, -0.05) is 49.5 Å². The number of unbranched alkanes of at least 4 members (excludes halogenated alkanes) is 2. The van der Waals surface area contributed by atoms with E-state index in [1.165, 1.54) is 5.57 Å². The van der Waals surface area contributed by atoms with Gasteiger partial charge in [-0.3, -0.25) is 4.79 Å². The molecule has 0 saturated carbocycles. The van der Waals surface area contributed by atoms with Crippen LogP contribution >= 0.6 is 0 Å².